The van der Waals surface area contributed by atoms with Gasteiger partial charge >= 0.3 is 0 Å². The third-order valence-electron chi connectivity index (χ3n) is 5.12. The van der Waals surface area contributed by atoms with Crippen molar-refractivity contribution in [3.05, 3.63) is 47.2 Å². The number of nitrogen functional groups attached to an aromatic ring is 1. The molecule has 6 nitrogen and oxygen atoms in total. The molecule has 3 N–H and O–H groups in total. The predicted molar refractivity (Wildman–Crippen MR) is 108 cm³/mol. The van der Waals surface area contributed by atoms with Crippen LogP contribution in [0.2, 0.25) is 0 Å². The van der Waals surface area contributed by atoms with Gasteiger partial charge in [0.05, 0.1) is 5.69 Å². The van der Waals surface area contributed by atoms with Crippen LogP contribution in [0.5, 0.6) is 0 Å². The van der Waals surface area contributed by atoms with E-state index in [1.807, 2.05) is 6.07 Å². The van der Waals surface area contributed by atoms with E-state index in [4.69, 9.17) is 5.73 Å². The molecule has 27 heavy (non-hydrogen) atoms. The number of amides is 1. The summed E-state index contributed by atoms with van der Waals surface area (Å²) in [4.78, 5) is 23.4. The lowest BCUT2D eigenvalue weighted by molar-refractivity contribution is -0.125. The zero-order valence-electron chi connectivity index (χ0n) is 16.4. The van der Waals surface area contributed by atoms with Crippen molar-refractivity contribution in [3.63, 3.8) is 0 Å². The van der Waals surface area contributed by atoms with E-state index in [1.54, 1.807) is 0 Å². The van der Waals surface area contributed by atoms with Gasteiger partial charge in [0.25, 0.3) is 0 Å². The summed E-state index contributed by atoms with van der Waals surface area (Å²) in [5.41, 5.74) is 9.18. The van der Waals surface area contributed by atoms with Gasteiger partial charge in [0.2, 0.25) is 11.9 Å². The van der Waals surface area contributed by atoms with E-state index in [0.717, 1.165) is 43.0 Å². The third-order valence-corrected chi connectivity index (χ3v) is 5.12. The van der Waals surface area contributed by atoms with E-state index in [9.17, 15) is 4.79 Å². The van der Waals surface area contributed by atoms with Gasteiger partial charge < -0.3 is 16.0 Å². The van der Waals surface area contributed by atoms with Gasteiger partial charge in [-0.2, -0.15) is 4.98 Å². The second-order valence-corrected chi connectivity index (χ2v) is 7.63. The lowest BCUT2D eigenvalue weighted by Gasteiger charge is -2.32. The standard InChI is InChI=1S/C21H29N5O/c1-14(2)18-12-19(25-21(22)24-18)26-10-8-17(9-11-26)20(27)23-13-16-6-4-15(3)5-7-16/h4-7,12,14,17H,8-11,13H2,1-3H3,(H,23,27)(H2,22,24,25). The Morgan fingerprint density at radius 3 is 2.52 bits per heavy atom. The topological polar surface area (TPSA) is 84.1 Å². The van der Waals surface area contributed by atoms with E-state index in [2.05, 4.69) is 65.2 Å². The number of carbonyl (C=O) groups is 1. The second-order valence-electron chi connectivity index (χ2n) is 7.63. The summed E-state index contributed by atoms with van der Waals surface area (Å²) in [6, 6.07) is 10.3. The number of nitrogens with one attached hydrogen (secondary N) is 1. The molecule has 2 aromatic rings. The summed E-state index contributed by atoms with van der Waals surface area (Å²) in [5, 5.41) is 3.07. The quantitative estimate of drug-likeness (QED) is 0.849. The molecule has 0 aliphatic carbocycles. The van der Waals surface area contributed by atoms with Crippen LogP contribution in [0.25, 0.3) is 0 Å². The Kier molecular flexibility index (Phi) is 5.94. The first-order valence-corrected chi connectivity index (χ1v) is 9.65. The summed E-state index contributed by atoms with van der Waals surface area (Å²) in [6.45, 7) is 8.44. The van der Waals surface area contributed by atoms with Crippen LogP contribution in [0.4, 0.5) is 11.8 Å². The molecule has 2 heterocycles. The summed E-state index contributed by atoms with van der Waals surface area (Å²) in [5.74, 6) is 1.67. The summed E-state index contributed by atoms with van der Waals surface area (Å²) in [7, 11) is 0. The monoisotopic (exact) mass is 367 g/mol. The molecule has 6 heteroatoms. The molecule has 0 saturated carbocycles. The summed E-state index contributed by atoms with van der Waals surface area (Å²) >= 11 is 0. The van der Waals surface area contributed by atoms with Crippen LogP contribution in [-0.4, -0.2) is 29.0 Å². The van der Waals surface area contributed by atoms with E-state index in [-0.39, 0.29) is 11.8 Å². The number of benzene rings is 1. The van der Waals surface area contributed by atoms with Gasteiger partial charge in [0, 0.05) is 31.6 Å². The van der Waals surface area contributed by atoms with Crippen molar-refractivity contribution in [2.45, 2.75) is 46.1 Å². The van der Waals surface area contributed by atoms with Crippen LogP contribution in [0.15, 0.2) is 30.3 Å². The molecule has 0 unspecified atom stereocenters. The minimum absolute atomic E-state index is 0.0513. The zero-order chi connectivity index (χ0) is 19.4. The normalized spacial score (nSPS) is 15.2. The molecular formula is C21H29N5O. The number of piperidine rings is 1. The zero-order valence-corrected chi connectivity index (χ0v) is 16.4. The number of hydrogen-bond acceptors (Lipinski definition) is 5. The van der Waals surface area contributed by atoms with Crippen molar-refractivity contribution in [1.29, 1.82) is 0 Å². The average Bonchev–Trinajstić information content (AvgIpc) is 2.67. The molecule has 0 spiro atoms. The lowest BCUT2D eigenvalue weighted by Crippen LogP contribution is -2.40. The first kappa shape index (κ1) is 19.1. The van der Waals surface area contributed by atoms with Crippen LogP contribution >= 0.6 is 0 Å². The predicted octanol–water partition coefficient (Wildman–Crippen LogP) is 3.02. The van der Waals surface area contributed by atoms with Gasteiger partial charge in [-0.05, 0) is 31.2 Å². The molecule has 0 atom stereocenters. The summed E-state index contributed by atoms with van der Waals surface area (Å²) in [6.07, 6.45) is 1.64. The Hall–Kier alpha value is -2.63. The molecule has 1 aliphatic heterocycles. The number of aryl methyl sites for hydroxylation is 1. The van der Waals surface area contributed by atoms with Crippen molar-refractivity contribution in [3.8, 4) is 0 Å². The Labute approximate surface area is 161 Å². The highest BCUT2D eigenvalue weighted by Gasteiger charge is 2.26. The highest BCUT2D eigenvalue weighted by Crippen LogP contribution is 2.25. The van der Waals surface area contributed by atoms with Crippen LogP contribution < -0.4 is 16.0 Å². The van der Waals surface area contributed by atoms with Crippen molar-refractivity contribution < 1.29 is 4.79 Å². The maximum atomic E-state index is 12.5. The minimum atomic E-state index is 0.0513. The Morgan fingerprint density at radius 2 is 1.89 bits per heavy atom. The highest BCUT2D eigenvalue weighted by molar-refractivity contribution is 5.79. The van der Waals surface area contributed by atoms with E-state index >= 15 is 0 Å². The molecule has 3 rings (SSSR count). The number of rotatable bonds is 5. The Morgan fingerprint density at radius 1 is 1.22 bits per heavy atom. The average molecular weight is 367 g/mol. The maximum absolute atomic E-state index is 12.5. The van der Waals surface area contributed by atoms with Gasteiger partial charge in [-0.1, -0.05) is 43.7 Å². The van der Waals surface area contributed by atoms with Gasteiger partial charge in [-0.3, -0.25) is 4.79 Å². The van der Waals surface area contributed by atoms with Crippen LogP contribution in [0.1, 0.15) is 49.4 Å². The van der Waals surface area contributed by atoms with Crippen LogP contribution in [-0.2, 0) is 11.3 Å². The molecule has 0 bridgehead atoms. The first-order valence-electron chi connectivity index (χ1n) is 9.65. The lowest BCUT2D eigenvalue weighted by atomic mass is 9.95. The molecule has 144 valence electrons. The molecule has 1 aliphatic rings. The smallest absolute Gasteiger partial charge is 0.223 e. The van der Waals surface area contributed by atoms with Gasteiger partial charge in [0.15, 0.2) is 0 Å². The molecular weight excluding hydrogens is 338 g/mol. The van der Waals surface area contributed by atoms with Crippen molar-refractivity contribution in [2.24, 2.45) is 5.92 Å². The number of nitrogens with two attached hydrogens (primary N) is 1. The van der Waals surface area contributed by atoms with Gasteiger partial charge in [0.1, 0.15) is 5.82 Å². The SMILES string of the molecule is Cc1ccc(CNC(=O)C2CCN(c3cc(C(C)C)nc(N)n3)CC2)cc1. The number of carbonyl (C=O) groups excluding carboxylic acids is 1. The highest BCUT2D eigenvalue weighted by atomic mass is 16.1. The minimum Gasteiger partial charge on any atom is -0.368 e. The van der Waals surface area contributed by atoms with Crippen LogP contribution in [0.3, 0.4) is 0 Å². The number of aromatic nitrogens is 2. The fraction of sp³-hybridized carbons (Fsp3) is 0.476. The molecule has 1 fully saturated rings. The van der Waals surface area contributed by atoms with Crippen molar-refractivity contribution in [1.82, 2.24) is 15.3 Å². The molecule has 0 radical (unpaired) electrons. The Bertz CT molecular complexity index is 780. The van der Waals surface area contributed by atoms with Gasteiger partial charge in [-0.15, -0.1) is 0 Å². The van der Waals surface area contributed by atoms with E-state index < -0.39 is 0 Å². The molecule has 1 aromatic carbocycles. The maximum Gasteiger partial charge on any atom is 0.223 e. The largest absolute Gasteiger partial charge is 0.368 e. The molecule has 1 aromatic heterocycles. The van der Waals surface area contributed by atoms with E-state index in [1.165, 1.54) is 5.56 Å². The number of anilines is 2. The van der Waals surface area contributed by atoms with Crippen molar-refractivity contribution >= 4 is 17.7 Å². The number of hydrogen-bond donors (Lipinski definition) is 2. The second kappa shape index (κ2) is 8.37. The number of nitrogens with zero attached hydrogens (tertiary/aromatic N) is 3. The van der Waals surface area contributed by atoms with Crippen molar-refractivity contribution in [2.75, 3.05) is 23.7 Å². The summed E-state index contributed by atoms with van der Waals surface area (Å²) < 4.78 is 0. The fourth-order valence-corrected chi connectivity index (χ4v) is 3.34. The molecule has 1 saturated heterocycles. The van der Waals surface area contributed by atoms with Crippen LogP contribution in [0, 0.1) is 12.8 Å². The van der Waals surface area contributed by atoms with Gasteiger partial charge in [-0.25, -0.2) is 4.98 Å². The fourth-order valence-electron chi connectivity index (χ4n) is 3.34. The third kappa shape index (κ3) is 4.96. The first-order chi connectivity index (χ1) is 12.9. The van der Waals surface area contributed by atoms with E-state index in [0.29, 0.717) is 18.4 Å². The Balaban J connectivity index is 1.54. The molecule has 1 amide bonds.